The standard InChI is InChI=1S/C23H26O7/c1-2-3-10-30-23(29)17(11-16-6-9-20(26)22(28)13-16)14-18(24)7-4-15-5-8-19(25)21(27)12-15/h4-9,12-13,17,25-28H,2-3,10-11,14H2,1H3/t17-/m0/s1. The number of ketones is 1. The van der Waals surface area contributed by atoms with Gasteiger partial charge in [0.05, 0.1) is 12.5 Å². The molecule has 0 bridgehead atoms. The fourth-order valence-corrected chi connectivity index (χ4v) is 2.80. The van der Waals surface area contributed by atoms with E-state index >= 15 is 0 Å². The molecule has 4 N–H and O–H groups in total. The smallest absolute Gasteiger partial charge is 0.309 e. The molecule has 2 rings (SSSR count). The molecule has 2 aromatic rings. The van der Waals surface area contributed by atoms with Crippen molar-refractivity contribution in [3.8, 4) is 23.0 Å². The number of carbonyl (C=O) groups is 2. The van der Waals surface area contributed by atoms with Crippen molar-refractivity contribution in [1.29, 1.82) is 0 Å². The highest BCUT2D eigenvalue weighted by molar-refractivity contribution is 5.96. The zero-order valence-electron chi connectivity index (χ0n) is 16.7. The molecule has 0 radical (unpaired) electrons. The van der Waals surface area contributed by atoms with Crippen molar-refractivity contribution in [2.75, 3.05) is 6.61 Å². The Morgan fingerprint density at radius 1 is 0.967 bits per heavy atom. The van der Waals surface area contributed by atoms with E-state index in [0.29, 0.717) is 11.1 Å². The number of allylic oxidation sites excluding steroid dienone is 1. The average Bonchev–Trinajstić information content (AvgIpc) is 2.71. The second-order valence-electron chi connectivity index (χ2n) is 7.00. The molecule has 0 aliphatic heterocycles. The van der Waals surface area contributed by atoms with Gasteiger partial charge in [-0.3, -0.25) is 9.59 Å². The third-order valence-electron chi connectivity index (χ3n) is 4.51. The number of hydrogen-bond acceptors (Lipinski definition) is 7. The zero-order chi connectivity index (χ0) is 22.1. The summed E-state index contributed by atoms with van der Waals surface area (Å²) in [6, 6.07) is 8.40. The van der Waals surface area contributed by atoms with Crippen LogP contribution in [-0.4, -0.2) is 38.8 Å². The van der Waals surface area contributed by atoms with Gasteiger partial charge in [0.15, 0.2) is 28.8 Å². The molecule has 160 valence electrons. The van der Waals surface area contributed by atoms with Crippen molar-refractivity contribution in [1.82, 2.24) is 0 Å². The first kappa shape index (κ1) is 22.8. The lowest BCUT2D eigenvalue weighted by Gasteiger charge is -2.15. The van der Waals surface area contributed by atoms with Gasteiger partial charge in [-0.25, -0.2) is 0 Å². The third-order valence-corrected chi connectivity index (χ3v) is 4.51. The summed E-state index contributed by atoms with van der Waals surface area (Å²) in [5.74, 6) is -2.69. The molecule has 0 aliphatic rings. The lowest BCUT2D eigenvalue weighted by atomic mass is 9.93. The predicted octanol–water partition coefficient (Wildman–Crippen LogP) is 3.68. The maximum absolute atomic E-state index is 12.5. The summed E-state index contributed by atoms with van der Waals surface area (Å²) in [6.45, 7) is 2.24. The molecule has 7 nitrogen and oxygen atoms in total. The van der Waals surface area contributed by atoms with Crippen molar-refractivity contribution >= 4 is 17.8 Å². The number of benzene rings is 2. The second-order valence-corrected chi connectivity index (χ2v) is 7.00. The zero-order valence-corrected chi connectivity index (χ0v) is 16.7. The summed E-state index contributed by atoms with van der Waals surface area (Å²) in [5, 5.41) is 38.0. The molecule has 0 fully saturated rings. The average molecular weight is 414 g/mol. The van der Waals surface area contributed by atoms with Crippen LogP contribution in [0.4, 0.5) is 0 Å². The molecule has 7 heteroatoms. The fraction of sp³-hybridized carbons (Fsp3) is 0.304. The van der Waals surface area contributed by atoms with Gasteiger partial charge in [-0.1, -0.05) is 31.6 Å². The first-order chi connectivity index (χ1) is 14.3. The maximum atomic E-state index is 12.5. The van der Waals surface area contributed by atoms with E-state index in [0.717, 1.165) is 12.8 Å². The number of unbranched alkanes of at least 4 members (excludes halogenated alkanes) is 1. The summed E-state index contributed by atoms with van der Waals surface area (Å²) in [4.78, 5) is 24.9. The highest BCUT2D eigenvalue weighted by Crippen LogP contribution is 2.27. The number of aromatic hydroxyl groups is 4. The van der Waals surface area contributed by atoms with Crippen LogP contribution in [0.15, 0.2) is 42.5 Å². The molecule has 2 aromatic carbocycles. The first-order valence-corrected chi connectivity index (χ1v) is 9.70. The van der Waals surface area contributed by atoms with Gasteiger partial charge < -0.3 is 25.2 Å². The molecule has 0 unspecified atom stereocenters. The molecule has 1 atom stereocenters. The minimum Gasteiger partial charge on any atom is -0.504 e. The third kappa shape index (κ3) is 6.84. The molecule has 0 aromatic heterocycles. The predicted molar refractivity (Wildman–Crippen MR) is 111 cm³/mol. The van der Waals surface area contributed by atoms with E-state index in [4.69, 9.17) is 4.74 Å². The molecule has 0 spiro atoms. The van der Waals surface area contributed by atoms with E-state index in [-0.39, 0.29) is 48.2 Å². The Balaban J connectivity index is 2.10. The number of ether oxygens (including phenoxy) is 1. The van der Waals surface area contributed by atoms with Gasteiger partial charge in [0.1, 0.15) is 0 Å². The van der Waals surface area contributed by atoms with E-state index in [1.54, 1.807) is 6.07 Å². The molecule has 0 saturated heterocycles. The van der Waals surface area contributed by atoms with Crippen molar-refractivity contribution in [3.05, 3.63) is 53.6 Å². The van der Waals surface area contributed by atoms with Crippen LogP contribution in [0, 0.1) is 5.92 Å². The quantitative estimate of drug-likeness (QED) is 0.202. The number of phenolic OH excluding ortho intramolecular Hbond substituents is 4. The second kappa shape index (κ2) is 10.9. The van der Waals surface area contributed by atoms with E-state index in [2.05, 4.69) is 0 Å². The van der Waals surface area contributed by atoms with Crippen LogP contribution >= 0.6 is 0 Å². The van der Waals surface area contributed by atoms with Gasteiger partial charge in [0.2, 0.25) is 0 Å². The van der Waals surface area contributed by atoms with Crippen molar-refractivity contribution in [3.63, 3.8) is 0 Å². The van der Waals surface area contributed by atoms with Crippen LogP contribution in [0.1, 0.15) is 37.3 Å². The number of hydrogen-bond donors (Lipinski definition) is 4. The Morgan fingerprint density at radius 2 is 1.63 bits per heavy atom. The minimum atomic E-state index is -0.754. The summed E-state index contributed by atoms with van der Waals surface area (Å²) in [5.41, 5.74) is 1.10. The van der Waals surface area contributed by atoms with Gasteiger partial charge >= 0.3 is 5.97 Å². The molecule has 30 heavy (non-hydrogen) atoms. The minimum absolute atomic E-state index is 0.104. The van der Waals surface area contributed by atoms with Gasteiger partial charge in [-0.15, -0.1) is 0 Å². The van der Waals surface area contributed by atoms with E-state index in [9.17, 15) is 30.0 Å². The van der Waals surface area contributed by atoms with Gasteiger partial charge in [0.25, 0.3) is 0 Å². The Bertz CT molecular complexity index is 918. The number of rotatable bonds is 10. The first-order valence-electron chi connectivity index (χ1n) is 9.70. The van der Waals surface area contributed by atoms with Crippen LogP contribution in [0.3, 0.4) is 0 Å². The van der Waals surface area contributed by atoms with Crippen LogP contribution < -0.4 is 0 Å². The lowest BCUT2D eigenvalue weighted by molar-refractivity contribution is -0.149. The van der Waals surface area contributed by atoms with Crippen molar-refractivity contribution < 1.29 is 34.8 Å². The molecule has 0 saturated carbocycles. The van der Waals surface area contributed by atoms with Gasteiger partial charge in [-0.2, -0.15) is 0 Å². The maximum Gasteiger partial charge on any atom is 0.309 e. The van der Waals surface area contributed by atoms with Crippen LogP contribution in [0.5, 0.6) is 23.0 Å². The molecular formula is C23H26O7. The Labute approximate surface area is 174 Å². The SMILES string of the molecule is CCCCOC(=O)[C@H](CC(=O)C=Cc1ccc(O)c(O)c1)Cc1ccc(O)c(O)c1. The Hall–Kier alpha value is -3.48. The number of phenols is 4. The van der Waals surface area contributed by atoms with Crippen molar-refractivity contribution in [2.24, 2.45) is 5.92 Å². The largest absolute Gasteiger partial charge is 0.504 e. The van der Waals surface area contributed by atoms with Gasteiger partial charge in [0, 0.05) is 6.42 Å². The molecule has 0 amide bonds. The topological polar surface area (TPSA) is 124 Å². The Kier molecular flexibility index (Phi) is 8.29. The highest BCUT2D eigenvalue weighted by atomic mass is 16.5. The van der Waals surface area contributed by atoms with Crippen LogP contribution in [0.2, 0.25) is 0 Å². The number of carbonyl (C=O) groups excluding carboxylic acids is 2. The molecular weight excluding hydrogens is 388 g/mol. The lowest BCUT2D eigenvalue weighted by Crippen LogP contribution is -2.23. The summed E-state index contributed by atoms with van der Waals surface area (Å²) in [6.07, 6.45) is 4.42. The molecule has 0 aliphatic carbocycles. The normalized spacial score (nSPS) is 12.0. The van der Waals surface area contributed by atoms with Crippen LogP contribution in [-0.2, 0) is 20.7 Å². The number of esters is 1. The van der Waals surface area contributed by atoms with Crippen molar-refractivity contribution in [2.45, 2.75) is 32.6 Å². The summed E-state index contributed by atoms with van der Waals surface area (Å²) < 4.78 is 5.28. The van der Waals surface area contributed by atoms with Crippen LogP contribution in [0.25, 0.3) is 6.08 Å². The van der Waals surface area contributed by atoms with E-state index in [1.165, 1.54) is 42.5 Å². The van der Waals surface area contributed by atoms with Gasteiger partial charge in [-0.05, 0) is 54.3 Å². The molecule has 0 heterocycles. The van der Waals surface area contributed by atoms with E-state index < -0.39 is 11.9 Å². The fourth-order valence-electron chi connectivity index (χ4n) is 2.80. The highest BCUT2D eigenvalue weighted by Gasteiger charge is 2.23. The Morgan fingerprint density at radius 3 is 2.27 bits per heavy atom. The van der Waals surface area contributed by atoms with E-state index in [1.807, 2.05) is 6.92 Å². The monoisotopic (exact) mass is 414 g/mol. The summed E-state index contributed by atoms with van der Waals surface area (Å²) in [7, 11) is 0. The summed E-state index contributed by atoms with van der Waals surface area (Å²) >= 11 is 0.